The molecule has 2 N–H and O–H groups in total. The van der Waals surface area contributed by atoms with Crippen molar-refractivity contribution in [2.24, 2.45) is 4.99 Å². The predicted octanol–water partition coefficient (Wildman–Crippen LogP) is 2.87. The van der Waals surface area contributed by atoms with E-state index in [0.717, 1.165) is 24.1 Å². The van der Waals surface area contributed by atoms with Crippen molar-refractivity contribution in [2.45, 2.75) is 51.6 Å². The number of hydrogen-bond acceptors (Lipinski definition) is 5. The Balaban J connectivity index is 1.62. The highest BCUT2D eigenvalue weighted by Crippen LogP contribution is 2.36. The number of aryl methyl sites for hydroxylation is 1. The van der Waals surface area contributed by atoms with Gasteiger partial charge in [-0.3, -0.25) is 4.90 Å². The summed E-state index contributed by atoms with van der Waals surface area (Å²) in [6.45, 7) is 9.22. The van der Waals surface area contributed by atoms with E-state index in [1.807, 2.05) is 6.20 Å². The summed E-state index contributed by atoms with van der Waals surface area (Å²) in [5.41, 5.74) is 0.328. The smallest absolute Gasteiger partial charge is 0.191 e. The molecule has 1 aliphatic heterocycles. The fraction of sp³-hybridized carbons (Fsp3) is 0.778. The van der Waals surface area contributed by atoms with Gasteiger partial charge in [-0.2, -0.15) is 11.8 Å². The Bertz CT molecular complexity index is 560. The number of aromatic nitrogens is 1. The fourth-order valence-electron chi connectivity index (χ4n) is 3.89. The van der Waals surface area contributed by atoms with Crippen molar-refractivity contribution in [1.82, 2.24) is 20.5 Å². The molecule has 2 aliphatic rings. The van der Waals surface area contributed by atoms with Gasteiger partial charge >= 0.3 is 0 Å². The summed E-state index contributed by atoms with van der Waals surface area (Å²) in [7, 11) is 0. The van der Waals surface area contributed by atoms with E-state index in [9.17, 15) is 0 Å². The highest BCUT2D eigenvalue weighted by Gasteiger charge is 2.39. The second-order valence-corrected chi connectivity index (χ2v) is 9.49. The minimum Gasteiger partial charge on any atom is -0.357 e. The first-order valence-corrected chi connectivity index (χ1v) is 11.5. The molecule has 0 atom stereocenters. The van der Waals surface area contributed by atoms with E-state index in [0.29, 0.717) is 12.1 Å². The third kappa shape index (κ3) is 5.11. The summed E-state index contributed by atoms with van der Waals surface area (Å²) in [6.07, 6.45) is 7.28. The van der Waals surface area contributed by atoms with Crippen LogP contribution in [0, 0.1) is 6.92 Å². The van der Waals surface area contributed by atoms with Gasteiger partial charge < -0.3 is 10.6 Å². The van der Waals surface area contributed by atoms with Crippen LogP contribution in [0.25, 0.3) is 0 Å². The van der Waals surface area contributed by atoms with E-state index >= 15 is 0 Å². The average molecular weight is 382 g/mol. The second kappa shape index (κ2) is 9.24. The summed E-state index contributed by atoms with van der Waals surface area (Å²) < 4.78 is 0. The summed E-state index contributed by atoms with van der Waals surface area (Å²) in [5, 5.41) is 8.12. The summed E-state index contributed by atoms with van der Waals surface area (Å²) in [5.74, 6) is 3.48. The lowest BCUT2D eigenvalue weighted by atomic mass is 9.94. The highest BCUT2D eigenvalue weighted by molar-refractivity contribution is 7.99. The van der Waals surface area contributed by atoms with Gasteiger partial charge in [-0.1, -0.05) is 12.8 Å². The molecule has 1 saturated carbocycles. The maximum absolute atomic E-state index is 4.75. The number of rotatable bonds is 6. The van der Waals surface area contributed by atoms with E-state index in [1.165, 1.54) is 55.2 Å². The lowest BCUT2D eigenvalue weighted by Crippen LogP contribution is -2.57. The quantitative estimate of drug-likeness (QED) is 0.586. The molecule has 0 radical (unpaired) electrons. The standard InChI is InChI=1S/C18H31N5S2/c1-3-19-17(21-13-16-20-12-15(2)25-16)22-14-18(6-4-5-7-18)23-8-10-24-11-9-23/h12H,3-11,13-14H2,1-2H3,(H2,19,21,22). The van der Waals surface area contributed by atoms with E-state index in [2.05, 4.69) is 46.1 Å². The van der Waals surface area contributed by atoms with Gasteiger partial charge in [0.15, 0.2) is 5.96 Å². The van der Waals surface area contributed by atoms with Gasteiger partial charge in [0.05, 0.1) is 6.54 Å². The largest absolute Gasteiger partial charge is 0.357 e. The summed E-state index contributed by atoms with van der Waals surface area (Å²) in [4.78, 5) is 13.2. The number of nitrogens with one attached hydrogen (secondary N) is 2. The van der Waals surface area contributed by atoms with Crippen LogP contribution in [0.5, 0.6) is 0 Å². The van der Waals surface area contributed by atoms with Gasteiger partial charge in [0.1, 0.15) is 5.01 Å². The Kier molecular flexibility index (Phi) is 7.01. The summed E-state index contributed by atoms with van der Waals surface area (Å²) in [6, 6.07) is 0. The third-order valence-corrected chi connectivity index (χ3v) is 7.03. The second-order valence-electron chi connectivity index (χ2n) is 6.94. The molecule has 140 valence electrons. The minimum absolute atomic E-state index is 0.328. The van der Waals surface area contributed by atoms with Crippen LogP contribution in [-0.2, 0) is 6.54 Å². The highest BCUT2D eigenvalue weighted by atomic mass is 32.2. The molecule has 0 amide bonds. The maximum Gasteiger partial charge on any atom is 0.191 e. The average Bonchev–Trinajstić information content (AvgIpc) is 3.28. The van der Waals surface area contributed by atoms with Crippen LogP contribution in [0.3, 0.4) is 0 Å². The molecule has 25 heavy (non-hydrogen) atoms. The number of guanidine groups is 1. The van der Waals surface area contributed by atoms with Crippen LogP contribution in [0.15, 0.2) is 11.2 Å². The third-order valence-electron chi connectivity index (χ3n) is 5.19. The molecular weight excluding hydrogens is 350 g/mol. The Labute approximate surface area is 160 Å². The van der Waals surface area contributed by atoms with Crippen LogP contribution in [0.4, 0.5) is 0 Å². The molecule has 1 aliphatic carbocycles. The zero-order chi connectivity index (χ0) is 17.5. The number of thiazole rings is 1. The van der Waals surface area contributed by atoms with Gasteiger partial charge in [-0.15, -0.1) is 11.3 Å². The van der Waals surface area contributed by atoms with Crippen molar-refractivity contribution in [1.29, 1.82) is 0 Å². The molecule has 0 spiro atoms. The zero-order valence-corrected chi connectivity index (χ0v) is 17.1. The SMILES string of the molecule is CCNC(=NCc1ncc(C)s1)NCC1(N2CCSCC2)CCCC1. The zero-order valence-electron chi connectivity index (χ0n) is 15.5. The van der Waals surface area contributed by atoms with Crippen molar-refractivity contribution in [2.75, 3.05) is 37.7 Å². The molecule has 0 aromatic carbocycles. The first-order valence-electron chi connectivity index (χ1n) is 9.48. The maximum atomic E-state index is 4.75. The normalized spacial score (nSPS) is 21.4. The first kappa shape index (κ1) is 19.0. The Morgan fingerprint density at radius 1 is 1.28 bits per heavy atom. The number of aliphatic imine (C=N–C) groups is 1. The molecule has 0 bridgehead atoms. The van der Waals surface area contributed by atoms with Crippen molar-refractivity contribution in [3.63, 3.8) is 0 Å². The molecule has 5 nitrogen and oxygen atoms in total. The van der Waals surface area contributed by atoms with Gasteiger partial charge in [-0.25, -0.2) is 9.98 Å². The van der Waals surface area contributed by atoms with Crippen LogP contribution < -0.4 is 10.6 Å². The lowest BCUT2D eigenvalue weighted by Gasteiger charge is -2.43. The molecule has 1 saturated heterocycles. The molecule has 7 heteroatoms. The molecule has 0 unspecified atom stereocenters. The Morgan fingerprint density at radius 2 is 2.04 bits per heavy atom. The van der Waals surface area contributed by atoms with Crippen molar-refractivity contribution >= 4 is 29.1 Å². The minimum atomic E-state index is 0.328. The monoisotopic (exact) mass is 381 g/mol. The van der Waals surface area contributed by atoms with Crippen molar-refractivity contribution < 1.29 is 0 Å². The predicted molar refractivity (Wildman–Crippen MR) is 110 cm³/mol. The van der Waals surface area contributed by atoms with E-state index in [4.69, 9.17) is 4.99 Å². The van der Waals surface area contributed by atoms with Crippen LogP contribution in [0.1, 0.15) is 42.5 Å². The lowest BCUT2D eigenvalue weighted by molar-refractivity contribution is 0.107. The van der Waals surface area contributed by atoms with E-state index in [-0.39, 0.29) is 0 Å². The van der Waals surface area contributed by atoms with Gasteiger partial charge in [0, 0.05) is 54.3 Å². The number of hydrogen-bond donors (Lipinski definition) is 2. The van der Waals surface area contributed by atoms with Gasteiger partial charge in [0.2, 0.25) is 0 Å². The van der Waals surface area contributed by atoms with E-state index in [1.54, 1.807) is 11.3 Å². The number of thioether (sulfide) groups is 1. The topological polar surface area (TPSA) is 52.6 Å². The van der Waals surface area contributed by atoms with Crippen LogP contribution >= 0.6 is 23.1 Å². The Morgan fingerprint density at radius 3 is 2.68 bits per heavy atom. The molecular formula is C18H31N5S2. The summed E-state index contributed by atoms with van der Waals surface area (Å²) >= 11 is 3.82. The van der Waals surface area contributed by atoms with E-state index < -0.39 is 0 Å². The van der Waals surface area contributed by atoms with Gasteiger partial charge in [0.25, 0.3) is 0 Å². The van der Waals surface area contributed by atoms with Crippen molar-refractivity contribution in [3.8, 4) is 0 Å². The van der Waals surface area contributed by atoms with Gasteiger partial charge in [-0.05, 0) is 26.7 Å². The van der Waals surface area contributed by atoms with Crippen molar-refractivity contribution in [3.05, 3.63) is 16.1 Å². The molecule has 1 aromatic heterocycles. The van der Waals surface area contributed by atoms with Crippen LogP contribution in [0.2, 0.25) is 0 Å². The first-order chi connectivity index (χ1) is 12.2. The molecule has 1 aromatic rings. The Hall–Kier alpha value is -0.790. The number of nitrogens with zero attached hydrogens (tertiary/aromatic N) is 3. The molecule has 2 fully saturated rings. The fourth-order valence-corrected chi connectivity index (χ4v) is 5.50. The molecule has 3 rings (SSSR count). The van der Waals surface area contributed by atoms with Crippen LogP contribution in [-0.4, -0.2) is 59.1 Å². The molecule has 2 heterocycles.